The van der Waals surface area contributed by atoms with Crippen molar-refractivity contribution in [2.24, 2.45) is 0 Å². The quantitative estimate of drug-likeness (QED) is 0.449. The molecular formula is C22H20F3N3OS. The summed E-state index contributed by atoms with van der Waals surface area (Å²) in [5.74, 6) is -1.42. The minimum Gasteiger partial charge on any atom is -0.348 e. The Labute approximate surface area is 176 Å². The Morgan fingerprint density at radius 3 is 2.67 bits per heavy atom. The highest BCUT2D eigenvalue weighted by Gasteiger charge is 2.36. The molecule has 156 valence electrons. The van der Waals surface area contributed by atoms with Gasteiger partial charge in [0.25, 0.3) is 0 Å². The number of halogens is 3. The number of carbonyl (C=O) groups excluding carboxylic acids is 1. The molecule has 1 amide bonds. The van der Waals surface area contributed by atoms with E-state index >= 15 is 0 Å². The van der Waals surface area contributed by atoms with Gasteiger partial charge in [0.15, 0.2) is 0 Å². The van der Waals surface area contributed by atoms with Crippen LogP contribution in [0, 0.1) is 0 Å². The Hall–Kier alpha value is -2.61. The van der Waals surface area contributed by atoms with Gasteiger partial charge in [-0.2, -0.15) is 13.2 Å². The lowest BCUT2D eigenvalue weighted by atomic mass is 9.88. The van der Waals surface area contributed by atoms with Crippen LogP contribution in [-0.4, -0.2) is 21.1 Å². The molecule has 0 saturated heterocycles. The molecular weight excluding hydrogens is 411 g/mol. The summed E-state index contributed by atoms with van der Waals surface area (Å²) >= 11 is 1.02. The molecule has 2 atom stereocenters. The van der Waals surface area contributed by atoms with Crippen molar-refractivity contribution >= 4 is 28.6 Å². The number of hydrogen-bond acceptors (Lipinski definition) is 4. The van der Waals surface area contributed by atoms with Crippen molar-refractivity contribution in [3.63, 3.8) is 0 Å². The fraction of sp³-hybridized carbons (Fsp3) is 0.318. The van der Waals surface area contributed by atoms with E-state index in [0.29, 0.717) is 5.39 Å². The van der Waals surface area contributed by atoms with Crippen LogP contribution >= 0.6 is 11.8 Å². The molecule has 1 aliphatic rings. The summed E-state index contributed by atoms with van der Waals surface area (Å²) in [5, 5.41) is 3.10. The molecule has 1 heterocycles. The first-order valence-corrected chi connectivity index (χ1v) is 10.6. The lowest BCUT2D eigenvalue weighted by Gasteiger charge is -2.27. The van der Waals surface area contributed by atoms with E-state index in [2.05, 4.69) is 21.4 Å². The van der Waals surface area contributed by atoms with Crippen LogP contribution in [0.5, 0.6) is 0 Å². The molecule has 30 heavy (non-hydrogen) atoms. The van der Waals surface area contributed by atoms with Crippen molar-refractivity contribution in [2.75, 3.05) is 0 Å². The number of fused-ring (bicyclic) bond motifs is 2. The van der Waals surface area contributed by atoms with Gasteiger partial charge in [-0.15, -0.1) is 0 Å². The maximum Gasteiger partial charge on any atom is 0.451 e. The molecule has 1 N–H and O–H groups in total. The van der Waals surface area contributed by atoms with Crippen LogP contribution in [-0.2, 0) is 17.4 Å². The zero-order valence-corrected chi connectivity index (χ0v) is 17.1. The number of aryl methyl sites for hydroxylation is 1. The Kier molecular flexibility index (Phi) is 5.69. The average Bonchev–Trinajstić information content (AvgIpc) is 2.73. The summed E-state index contributed by atoms with van der Waals surface area (Å²) < 4.78 is 39.7. The van der Waals surface area contributed by atoms with E-state index in [-0.39, 0.29) is 22.5 Å². The summed E-state index contributed by atoms with van der Waals surface area (Å²) in [6, 6.07) is 14.5. The lowest BCUT2D eigenvalue weighted by molar-refractivity contribution is -0.145. The Morgan fingerprint density at radius 2 is 1.87 bits per heavy atom. The van der Waals surface area contributed by atoms with E-state index in [1.165, 1.54) is 11.6 Å². The van der Waals surface area contributed by atoms with E-state index in [1.54, 1.807) is 25.1 Å². The molecule has 0 radical (unpaired) electrons. The molecule has 1 aliphatic carbocycles. The fourth-order valence-corrected chi connectivity index (χ4v) is 4.63. The molecule has 4 rings (SSSR count). The zero-order chi connectivity index (χ0) is 21.3. The number of alkyl halides is 3. The lowest BCUT2D eigenvalue weighted by Crippen LogP contribution is -2.36. The van der Waals surface area contributed by atoms with Crippen LogP contribution in [0.2, 0.25) is 0 Å². The molecule has 2 aromatic carbocycles. The zero-order valence-electron chi connectivity index (χ0n) is 16.2. The number of carbonyl (C=O) groups is 1. The Bertz CT molecular complexity index is 1090. The number of aromatic nitrogens is 2. The van der Waals surface area contributed by atoms with Gasteiger partial charge in [0.05, 0.1) is 16.8 Å². The molecule has 0 unspecified atom stereocenters. The average molecular weight is 431 g/mol. The number of rotatable bonds is 4. The minimum absolute atomic E-state index is 0.0848. The molecule has 3 aromatic rings. The first kappa shape index (κ1) is 20.7. The van der Waals surface area contributed by atoms with Crippen LogP contribution in [0.3, 0.4) is 0 Å². The van der Waals surface area contributed by atoms with E-state index in [0.717, 1.165) is 36.6 Å². The van der Waals surface area contributed by atoms with E-state index in [1.807, 2.05) is 18.2 Å². The summed E-state index contributed by atoms with van der Waals surface area (Å²) in [6.45, 7) is 1.68. The molecule has 0 aliphatic heterocycles. The third kappa shape index (κ3) is 4.28. The molecule has 0 spiro atoms. The standard InChI is InChI=1S/C22H20F3N3OS/c1-13(19(29)26-17-12-6-8-14-7-2-3-9-15(14)17)30-20-16-10-4-5-11-18(16)27-21(28-20)22(23,24)25/h2-5,7,9-11,13,17H,6,8,12H2,1H3,(H,26,29)/t13-,17-/m1/s1. The van der Waals surface area contributed by atoms with E-state index < -0.39 is 17.3 Å². The topological polar surface area (TPSA) is 54.9 Å². The minimum atomic E-state index is -4.66. The number of amides is 1. The monoisotopic (exact) mass is 431 g/mol. The van der Waals surface area contributed by atoms with E-state index in [9.17, 15) is 18.0 Å². The SMILES string of the molecule is C[C@@H](Sc1nc(C(F)(F)F)nc2ccccc12)C(=O)N[C@@H]1CCCc2ccccc21. The number of thioether (sulfide) groups is 1. The molecule has 0 bridgehead atoms. The normalized spacial score (nSPS) is 17.4. The molecule has 8 heteroatoms. The molecule has 0 fully saturated rings. The van der Waals surface area contributed by atoms with Gasteiger partial charge >= 0.3 is 6.18 Å². The van der Waals surface area contributed by atoms with E-state index in [4.69, 9.17) is 0 Å². The number of para-hydroxylation sites is 1. The summed E-state index contributed by atoms with van der Waals surface area (Å²) in [6.07, 6.45) is -1.85. The van der Waals surface area contributed by atoms with Crippen molar-refractivity contribution in [3.8, 4) is 0 Å². The van der Waals surface area contributed by atoms with Crippen molar-refractivity contribution in [2.45, 2.75) is 48.7 Å². The first-order valence-electron chi connectivity index (χ1n) is 9.72. The van der Waals surface area contributed by atoms with Crippen LogP contribution in [0.25, 0.3) is 10.9 Å². The largest absolute Gasteiger partial charge is 0.451 e. The Balaban J connectivity index is 1.56. The van der Waals surface area contributed by atoms with Crippen molar-refractivity contribution in [3.05, 3.63) is 65.5 Å². The number of nitrogens with zero attached hydrogens (tertiary/aromatic N) is 2. The van der Waals surface area contributed by atoms with Crippen LogP contribution in [0.1, 0.15) is 42.8 Å². The second-order valence-electron chi connectivity index (χ2n) is 7.28. The van der Waals surface area contributed by atoms with Crippen LogP contribution in [0.15, 0.2) is 53.6 Å². The smallest absolute Gasteiger partial charge is 0.348 e. The van der Waals surface area contributed by atoms with Gasteiger partial charge in [0, 0.05) is 5.39 Å². The van der Waals surface area contributed by atoms with Crippen molar-refractivity contribution < 1.29 is 18.0 Å². The number of benzene rings is 2. The summed E-state index contributed by atoms with van der Waals surface area (Å²) in [4.78, 5) is 20.2. The van der Waals surface area contributed by atoms with Gasteiger partial charge in [0.2, 0.25) is 11.7 Å². The van der Waals surface area contributed by atoms with Gasteiger partial charge in [-0.1, -0.05) is 54.2 Å². The third-order valence-electron chi connectivity index (χ3n) is 5.17. The predicted molar refractivity (Wildman–Crippen MR) is 110 cm³/mol. The predicted octanol–water partition coefficient (Wildman–Crippen LogP) is 5.32. The number of hydrogen-bond donors (Lipinski definition) is 1. The van der Waals surface area contributed by atoms with Gasteiger partial charge in [-0.25, -0.2) is 9.97 Å². The molecule has 1 aromatic heterocycles. The molecule has 0 saturated carbocycles. The highest BCUT2D eigenvalue weighted by Crippen LogP contribution is 2.34. The third-order valence-corrected chi connectivity index (χ3v) is 6.27. The van der Waals surface area contributed by atoms with Gasteiger partial charge in [-0.3, -0.25) is 4.79 Å². The van der Waals surface area contributed by atoms with Crippen LogP contribution in [0.4, 0.5) is 13.2 Å². The van der Waals surface area contributed by atoms with Crippen LogP contribution < -0.4 is 5.32 Å². The summed E-state index contributed by atoms with van der Waals surface area (Å²) in [5.41, 5.74) is 2.54. The van der Waals surface area contributed by atoms with Gasteiger partial charge in [0.1, 0.15) is 5.03 Å². The Morgan fingerprint density at radius 1 is 1.13 bits per heavy atom. The highest BCUT2D eigenvalue weighted by atomic mass is 32.2. The molecule has 4 nitrogen and oxygen atoms in total. The van der Waals surface area contributed by atoms with Crippen molar-refractivity contribution in [1.82, 2.24) is 15.3 Å². The maximum absolute atomic E-state index is 13.2. The van der Waals surface area contributed by atoms with Gasteiger partial charge in [-0.05, 0) is 43.4 Å². The van der Waals surface area contributed by atoms with Crippen molar-refractivity contribution in [1.29, 1.82) is 0 Å². The fourth-order valence-electron chi connectivity index (χ4n) is 3.68. The maximum atomic E-state index is 13.2. The second kappa shape index (κ2) is 8.26. The first-order chi connectivity index (χ1) is 14.3. The second-order valence-corrected chi connectivity index (χ2v) is 8.61. The number of nitrogens with one attached hydrogen (secondary N) is 1. The van der Waals surface area contributed by atoms with Gasteiger partial charge < -0.3 is 5.32 Å². The highest BCUT2D eigenvalue weighted by molar-refractivity contribution is 8.00. The summed E-state index contributed by atoms with van der Waals surface area (Å²) in [7, 11) is 0.